The molecule has 0 aliphatic heterocycles. The van der Waals surface area contributed by atoms with Crippen molar-refractivity contribution >= 4 is 23.6 Å². The molecule has 1 aromatic carbocycles. The second-order valence-corrected chi connectivity index (χ2v) is 4.80. The Balaban J connectivity index is 2.58. The average molecular weight is 253 g/mol. The Morgan fingerprint density at radius 1 is 1.35 bits per heavy atom. The molecule has 4 nitrogen and oxygen atoms in total. The number of carbonyl (C=O) groups excluding carboxylic acids is 1. The van der Waals surface area contributed by atoms with Crippen LogP contribution in [0.4, 0.5) is 0 Å². The van der Waals surface area contributed by atoms with Gasteiger partial charge < -0.3 is 10.8 Å². The number of carboxylic acids is 1. The fourth-order valence-corrected chi connectivity index (χ4v) is 2.29. The number of rotatable bonds is 6. The van der Waals surface area contributed by atoms with Crippen molar-refractivity contribution in [1.29, 1.82) is 0 Å². The molecule has 1 atom stereocenters. The predicted molar refractivity (Wildman–Crippen MR) is 68.0 cm³/mol. The summed E-state index contributed by atoms with van der Waals surface area (Å²) in [5.41, 5.74) is 6.57. The van der Waals surface area contributed by atoms with Crippen LogP contribution < -0.4 is 5.73 Å². The third-order valence-electron chi connectivity index (χ3n) is 2.34. The molecule has 0 heterocycles. The molecule has 92 valence electrons. The van der Waals surface area contributed by atoms with Gasteiger partial charge in [-0.1, -0.05) is 19.1 Å². The minimum atomic E-state index is -0.786. The third kappa shape index (κ3) is 4.11. The van der Waals surface area contributed by atoms with Gasteiger partial charge in [-0.15, -0.1) is 11.8 Å². The lowest BCUT2D eigenvalue weighted by Crippen LogP contribution is -2.15. The van der Waals surface area contributed by atoms with Crippen molar-refractivity contribution in [3.05, 3.63) is 35.4 Å². The maximum absolute atomic E-state index is 10.9. The largest absolute Gasteiger partial charge is 0.480 e. The normalized spacial score (nSPS) is 12.1. The number of nitrogens with two attached hydrogens (primary N) is 1. The highest BCUT2D eigenvalue weighted by Crippen LogP contribution is 2.20. The van der Waals surface area contributed by atoms with Crippen molar-refractivity contribution < 1.29 is 14.7 Å². The van der Waals surface area contributed by atoms with Crippen molar-refractivity contribution in [3.63, 3.8) is 0 Å². The van der Waals surface area contributed by atoms with Crippen LogP contribution in [0.1, 0.15) is 29.3 Å². The average Bonchev–Trinajstić information content (AvgIpc) is 2.30. The summed E-state index contributed by atoms with van der Waals surface area (Å²) in [5.74, 6) is -0.628. The van der Waals surface area contributed by atoms with Gasteiger partial charge in [0.05, 0.1) is 0 Å². The van der Waals surface area contributed by atoms with Crippen LogP contribution in [0.15, 0.2) is 24.3 Å². The first kappa shape index (κ1) is 13.6. The summed E-state index contributed by atoms with van der Waals surface area (Å²) >= 11 is 1.38. The highest BCUT2D eigenvalue weighted by molar-refractivity contribution is 7.99. The Morgan fingerprint density at radius 2 is 1.94 bits per heavy atom. The van der Waals surface area contributed by atoms with Crippen molar-refractivity contribution in [1.82, 2.24) is 0 Å². The zero-order chi connectivity index (χ0) is 12.8. The minimum Gasteiger partial charge on any atom is -0.480 e. The van der Waals surface area contributed by atoms with E-state index in [1.54, 1.807) is 24.3 Å². The number of carbonyl (C=O) groups is 2. The topological polar surface area (TPSA) is 80.4 Å². The van der Waals surface area contributed by atoms with E-state index in [1.165, 1.54) is 11.8 Å². The Bertz CT molecular complexity index is 403. The monoisotopic (exact) mass is 253 g/mol. The van der Waals surface area contributed by atoms with Gasteiger partial charge in [-0.25, -0.2) is 0 Å². The summed E-state index contributed by atoms with van der Waals surface area (Å²) in [6.07, 6.45) is 0.597. The number of benzene rings is 1. The molecule has 0 saturated carbocycles. The van der Waals surface area contributed by atoms with Gasteiger partial charge >= 0.3 is 5.97 Å². The van der Waals surface area contributed by atoms with E-state index >= 15 is 0 Å². The summed E-state index contributed by atoms with van der Waals surface area (Å²) in [4.78, 5) is 21.7. The molecule has 1 unspecified atom stereocenters. The van der Waals surface area contributed by atoms with Crippen LogP contribution >= 0.6 is 11.8 Å². The van der Waals surface area contributed by atoms with Gasteiger partial charge in [-0.2, -0.15) is 0 Å². The van der Waals surface area contributed by atoms with Crippen molar-refractivity contribution in [2.24, 2.45) is 5.73 Å². The van der Waals surface area contributed by atoms with Crippen molar-refractivity contribution in [2.75, 3.05) is 0 Å². The van der Waals surface area contributed by atoms with Crippen LogP contribution in [0.25, 0.3) is 0 Å². The summed E-state index contributed by atoms with van der Waals surface area (Å²) in [5, 5.41) is 8.50. The second-order valence-electron chi connectivity index (χ2n) is 3.61. The number of hydrogen-bond acceptors (Lipinski definition) is 3. The quantitative estimate of drug-likeness (QED) is 0.811. The van der Waals surface area contributed by atoms with E-state index in [-0.39, 0.29) is 5.25 Å². The van der Waals surface area contributed by atoms with Crippen LogP contribution in [-0.2, 0) is 10.5 Å². The van der Waals surface area contributed by atoms with Crippen LogP contribution in [0.5, 0.6) is 0 Å². The molecular weight excluding hydrogens is 238 g/mol. The maximum Gasteiger partial charge on any atom is 0.316 e. The SMILES string of the molecule is CCC(SCc1ccc(C(N)=O)cc1)C(=O)O. The van der Waals surface area contributed by atoms with E-state index < -0.39 is 11.9 Å². The number of hydrogen-bond donors (Lipinski definition) is 2. The van der Waals surface area contributed by atoms with Crippen LogP contribution in [0.2, 0.25) is 0 Å². The van der Waals surface area contributed by atoms with Gasteiger partial charge in [0.25, 0.3) is 0 Å². The van der Waals surface area contributed by atoms with Gasteiger partial charge in [-0.05, 0) is 24.1 Å². The summed E-state index contributed by atoms with van der Waals surface area (Å²) in [6.45, 7) is 1.85. The number of thioether (sulfide) groups is 1. The highest BCUT2D eigenvalue weighted by atomic mass is 32.2. The Labute approximate surface area is 104 Å². The molecule has 0 aliphatic rings. The van der Waals surface area contributed by atoms with E-state index in [2.05, 4.69) is 0 Å². The molecule has 1 rings (SSSR count). The lowest BCUT2D eigenvalue weighted by molar-refractivity contribution is -0.136. The fraction of sp³-hybridized carbons (Fsp3) is 0.333. The molecule has 0 saturated heterocycles. The molecule has 0 aromatic heterocycles. The lowest BCUT2D eigenvalue weighted by Gasteiger charge is -2.09. The smallest absolute Gasteiger partial charge is 0.316 e. The van der Waals surface area contributed by atoms with Crippen LogP contribution in [-0.4, -0.2) is 22.2 Å². The molecule has 0 aliphatic carbocycles. The zero-order valence-electron chi connectivity index (χ0n) is 9.55. The number of carboxylic acid groups (broad SMARTS) is 1. The molecule has 5 heteroatoms. The number of aliphatic carboxylic acids is 1. The van der Waals surface area contributed by atoms with Gasteiger partial charge in [0.15, 0.2) is 0 Å². The molecule has 0 spiro atoms. The van der Waals surface area contributed by atoms with E-state index in [1.807, 2.05) is 6.92 Å². The van der Waals surface area contributed by atoms with E-state index in [0.717, 1.165) is 5.56 Å². The van der Waals surface area contributed by atoms with Gasteiger partial charge in [0.2, 0.25) is 5.91 Å². The lowest BCUT2D eigenvalue weighted by atomic mass is 10.1. The Morgan fingerprint density at radius 3 is 2.35 bits per heavy atom. The first-order valence-electron chi connectivity index (χ1n) is 5.27. The Kier molecular flexibility index (Phi) is 5.03. The predicted octanol–water partition coefficient (Wildman–Crippen LogP) is 1.88. The molecule has 1 amide bonds. The summed E-state index contributed by atoms with van der Waals surface area (Å²) < 4.78 is 0. The van der Waals surface area contributed by atoms with Crippen molar-refractivity contribution in [2.45, 2.75) is 24.3 Å². The highest BCUT2D eigenvalue weighted by Gasteiger charge is 2.15. The van der Waals surface area contributed by atoms with E-state index in [4.69, 9.17) is 10.8 Å². The van der Waals surface area contributed by atoms with E-state index in [9.17, 15) is 9.59 Å². The molecular formula is C12H15NO3S. The van der Waals surface area contributed by atoms with Gasteiger partial charge in [0.1, 0.15) is 5.25 Å². The molecule has 0 bridgehead atoms. The Hall–Kier alpha value is -1.49. The first-order chi connectivity index (χ1) is 8.04. The number of primary amides is 1. The number of amides is 1. The van der Waals surface area contributed by atoms with E-state index in [0.29, 0.717) is 17.7 Å². The van der Waals surface area contributed by atoms with Crippen LogP contribution in [0, 0.1) is 0 Å². The first-order valence-corrected chi connectivity index (χ1v) is 6.32. The van der Waals surface area contributed by atoms with Crippen LogP contribution in [0.3, 0.4) is 0 Å². The standard InChI is InChI=1S/C12H15NO3S/c1-2-10(12(15)16)17-7-8-3-5-9(6-4-8)11(13)14/h3-6,10H,2,7H2,1H3,(H2,13,14)(H,15,16). The van der Waals surface area contributed by atoms with Gasteiger partial charge in [-0.3, -0.25) is 9.59 Å². The maximum atomic E-state index is 10.9. The molecule has 1 aromatic rings. The molecule has 0 fully saturated rings. The van der Waals surface area contributed by atoms with Crippen molar-refractivity contribution in [3.8, 4) is 0 Å². The minimum absolute atomic E-state index is 0.384. The summed E-state index contributed by atoms with van der Waals surface area (Å²) in [7, 11) is 0. The zero-order valence-corrected chi connectivity index (χ0v) is 10.4. The second kappa shape index (κ2) is 6.30. The molecule has 0 radical (unpaired) electrons. The molecule has 17 heavy (non-hydrogen) atoms. The van der Waals surface area contributed by atoms with Gasteiger partial charge in [0, 0.05) is 11.3 Å². The third-order valence-corrected chi connectivity index (χ3v) is 3.77. The fourth-order valence-electron chi connectivity index (χ4n) is 1.33. The summed E-state index contributed by atoms with van der Waals surface area (Å²) in [6, 6.07) is 6.89. The molecule has 3 N–H and O–H groups in total.